The standard InChI is InChI=1S/C20H13ClF3N5O/c21-17-8-3-12(10-16(17)20(22,23)24)18-27-19(29-28-18)26-13-4-6-14(7-5-13)30-15-2-1-9-25-11-15/h1-11H,(H2,26,27,28,29). The van der Waals surface area contributed by atoms with Gasteiger partial charge in [0.15, 0.2) is 5.82 Å². The second-order valence-corrected chi connectivity index (χ2v) is 6.56. The lowest BCUT2D eigenvalue weighted by Crippen LogP contribution is -2.06. The topological polar surface area (TPSA) is 75.7 Å². The molecular formula is C20H13ClF3N5O. The highest BCUT2D eigenvalue weighted by Gasteiger charge is 2.33. The summed E-state index contributed by atoms with van der Waals surface area (Å²) in [5, 5.41) is 10.4. The Balaban J connectivity index is 1.47. The third-order valence-electron chi connectivity index (χ3n) is 4.02. The van der Waals surface area contributed by atoms with E-state index >= 15 is 0 Å². The largest absolute Gasteiger partial charge is 0.456 e. The number of hydrogen-bond acceptors (Lipinski definition) is 5. The molecule has 6 nitrogen and oxygen atoms in total. The number of benzene rings is 2. The first-order valence-corrected chi connectivity index (χ1v) is 9.01. The lowest BCUT2D eigenvalue weighted by molar-refractivity contribution is -0.137. The van der Waals surface area contributed by atoms with E-state index < -0.39 is 11.7 Å². The monoisotopic (exact) mass is 431 g/mol. The summed E-state index contributed by atoms with van der Waals surface area (Å²) in [5.74, 6) is 1.68. The van der Waals surface area contributed by atoms with Gasteiger partial charge in [-0.15, -0.1) is 10.2 Å². The van der Waals surface area contributed by atoms with Crippen LogP contribution in [0.1, 0.15) is 5.56 Å². The van der Waals surface area contributed by atoms with Crippen LogP contribution in [0, 0.1) is 0 Å². The molecule has 10 heteroatoms. The fourth-order valence-electron chi connectivity index (χ4n) is 2.62. The Kier molecular flexibility index (Phi) is 5.28. The maximum absolute atomic E-state index is 13.1. The Morgan fingerprint density at radius 3 is 2.47 bits per heavy atom. The lowest BCUT2D eigenvalue weighted by atomic mass is 10.1. The van der Waals surface area contributed by atoms with Crippen LogP contribution < -0.4 is 10.1 Å². The fraction of sp³-hybridized carbons (Fsp3) is 0.0500. The van der Waals surface area contributed by atoms with Crippen molar-refractivity contribution < 1.29 is 17.9 Å². The molecule has 0 saturated heterocycles. The molecule has 2 heterocycles. The van der Waals surface area contributed by atoms with Crippen molar-refractivity contribution in [3.8, 4) is 22.9 Å². The van der Waals surface area contributed by atoms with Gasteiger partial charge in [0.2, 0.25) is 5.95 Å². The fourth-order valence-corrected chi connectivity index (χ4v) is 2.85. The number of alkyl halides is 3. The van der Waals surface area contributed by atoms with Crippen LogP contribution in [0.3, 0.4) is 0 Å². The molecular weight excluding hydrogens is 419 g/mol. The first-order chi connectivity index (χ1) is 14.4. The molecule has 4 aromatic rings. The van der Waals surface area contributed by atoms with Gasteiger partial charge in [0.1, 0.15) is 11.5 Å². The van der Waals surface area contributed by atoms with Gasteiger partial charge in [0, 0.05) is 17.4 Å². The maximum Gasteiger partial charge on any atom is 0.417 e. The van der Waals surface area contributed by atoms with E-state index in [9.17, 15) is 13.2 Å². The molecule has 2 N–H and O–H groups in total. The molecule has 0 unspecified atom stereocenters. The molecule has 0 bridgehead atoms. The Morgan fingerprint density at radius 1 is 0.967 bits per heavy atom. The SMILES string of the molecule is FC(F)(F)c1cc(-c2nnc(Nc3ccc(Oc4cccnc4)cc3)[nH]2)ccc1Cl. The number of halogens is 4. The van der Waals surface area contributed by atoms with Crippen LogP contribution in [0.5, 0.6) is 11.5 Å². The number of pyridine rings is 1. The van der Waals surface area contributed by atoms with Crippen molar-refractivity contribution in [2.45, 2.75) is 6.18 Å². The Bertz CT molecular complexity index is 1150. The van der Waals surface area contributed by atoms with Crippen molar-refractivity contribution in [1.82, 2.24) is 20.2 Å². The Morgan fingerprint density at radius 2 is 1.77 bits per heavy atom. The quantitative estimate of drug-likeness (QED) is 0.401. The molecule has 30 heavy (non-hydrogen) atoms. The van der Waals surface area contributed by atoms with E-state index in [1.165, 1.54) is 12.1 Å². The molecule has 0 aliphatic heterocycles. The molecule has 2 aromatic heterocycles. The number of nitrogens with zero attached hydrogens (tertiary/aromatic N) is 3. The van der Waals surface area contributed by atoms with Gasteiger partial charge in [0.05, 0.1) is 16.8 Å². The van der Waals surface area contributed by atoms with Gasteiger partial charge in [-0.1, -0.05) is 11.6 Å². The number of ether oxygens (including phenoxy) is 1. The van der Waals surface area contributed by atoms with Gasteiger partial charge in [-0.05, 0) is 54.6 Å². The van der Waals surface area contributed by atoms with E-state index in [1.54, 1.807) is 48.8 Å². The molecule has 4 rings (SSSR count). The van der Waals surface area contributed by atoms with E-state index in [1.807, 2.05) is 0 Å². The summed E-state index contributed by atoms with van der Waals surface area (Å²) >= 11 is 5.65. The van der Waals surface area contributed by atoms with Gasteiger partial charge >= 0.3 is 6.18 Å². The Labute approximate surface area is 173 Å². The summed E-state index contributed by atoms with van der Waals surface area (Å²) in [6.45, 7) is 0. The van der Waals surface area contributed by atoms with Crippen LogP contribution in [0.2, 0.25) is 5.02 Å². The number of nitrogens with one attached hydrogen (secondary N) is 2. The predicted molar refractivity (Wildman–Crippen MR) is 106 cm³/mol. The normalized spacial score (nSPS) is 11.3. The minimum absolute atomic E-state index is 0.177. The van der Waals surface area contributed by atoms with Crippen LogP contribution in [-0.2, 0) is 6.18 Å². The third kappa shape index (κ3) is 4.52. The van der Waals surface area contributed by atoms with E-state index in [-0.39, 0.29) is 22.4 Å². The minimum Gasteiger partial charge on any atom is -0.456 e. The van der Waals surface area contributed by atoms with Crippen LogP contribution >= 0.6 is 11.6 Å². The van der Waals surface area contributed by atoms with Crippen molar-refractivity contribution in [2.24, 2.45) is 0 Å². The van der Waals surface area contributed by atoms with Crippen molar-refractivity contribution >= 4 is 23.2 Å². The summed E-state index contributed by atoms with van der Waals surface area (Å²) in [4.78, 5) is 6.83. The zero-order chi connectivity index (χ0) is 21.1. The highest BCUT2D eigenvalue weighted by Crippen LogP contribution is 2.36. The summed E-state index contributed by atoms with van der Waals surface area (Å²) in [7, 11) is 0. The average molecular weight is 432 g/mol. The summed E-state index contributed by atoms with van der Waals surface area (Å²) < 4.78 is 44.8. The Hall–Kier alpha value is -3.59. The van der Waals surface area contributed by atoms with Crippen LogP contribution in [0.15, 0.2) is 67.0 Å². The zero-order valence-electron chi connectivity index (χ0n) is 15.1. The highest BCUT2D eigenvalue weighted by atomic mass is 35.5. The first-order valence-electron chi connectivity index (χ1n) is 8.63. The predicted octanol–water partition coefficient (Wildman–Crippen LogP) is 6.07. The second kappa shape index (κ2) is 8.03. The maximum atomic E-state index is 13.1. The number of aromatic amines is 1. The molecule has 0 fully saturated rings. The molecule has 0 spiro atoms. The zero-order valence-corrected chi connectivity index (χ0v) is 15.9. The number of H-pyrrole nitrogens is 1. The van der Waals surface area contributed by atoms with E-state index in [0.29, 0.717) is 17.2 Å². The summed E-state index contributed by atoms with van der Waals surface area (Å²) in [5.41, 5.74) is -0.0346. The molecule has 0 aliphatic rings. The second-order valence-electron chi connectivity index (χ2n) is 6.15. The molecule has 0 aliphatic carbocycles. The highest BCUT2D eigenvalue weighted by molar-refractivity contribution is 6.31. The first kappa shape index (κ1) is 19.7. The number of hydrogen-bond donors (Lipinski definition) is 2. The van der Waals surface area contributed by atoms with E-state index in [0.717, 1.165) is 6.07 Å². The molecule has 0 radical (unpaired) electrons. The van der Waals surface area contributed by atoms with Crippen molar-refractivity contribution in [2.75, 3.05) is 5.32 Å². The molecule has 0 amide bonds. The van der Waals surface area contributed by atoms with Crippen LogP contribution in [0.25, 0.3) is 11.4 Å². The smallest absolute Gasteiger partial charge is 0.417 e. The average Bonchev–Trinajstić information content (AvgIpc) is 3.18. The van der Waals surface area contributed by atoms with Gasteiger partial charge in [-0.25, -0.2) is 0 Å². The third-order valence-corrected chi connectivity index (χ3v) is 4.35. The number of aromatic nitrogens is 4. The number of anilines is 2. The van der Waals surface area contributed by atoms with Crippen molar-refractivity contribution in [3.63, 3.8) is 0 Å². The lowest BCUT2D eigenvalue weighted by Gasteiger charge is -2.09. The molecule has 0 saturated carbocycles. The summed E-state index contributed by atoms with van der Waals surface area (Å²) in [6, 6.07) is 14.1. The van der Waals surface area contributed by atoms with Gasteiger partial charge in [0.25, 0.3) is 0 Å². The van der Waals surface area contributed by atoms with Crippen LogP contribution in [-0.4, -0.2) is 20.2 Å². The molecule has 0 atom stereocenters. The van der Waals surface area contributed by atoms with Crippen LogP contribution in [0.4, 0.5) is 24.8 Å². The summed E-state index contributed by atoms with van der Waals surface area (Å²) in [6.07, 6.45) is -1.31. The van der Waals surface area contributed by atoms with Crippen molar-refractivity contribution in [3.05, 3.63) is 77.6 Å². The van der Waals surface area contributed by atoms with Crippen molar-refractivity contribution in [1.29, 1.82) is 0 Å². The molecule has 2 aromatic carbocycles. The minimum atomic E-state index is -4.56. The van der Waals surface area contributed by atoms with E-state index in [2.05, 4.69) is 25.5 Å². The number of rotatable bonds is 5. The van der Waals surface area contributed by atoms with E-state index in [4.69, 9.17) is 16.3 Å². The van der Waals surface area contributed by atoms with Gasteiger partial charge < -0.3 is 15.0 Å². The van der Waals surface area contributed by atoms with Gasteiger partial charge in [-0.2, -0.15) is 13.2 Å². The molecule has 152 valence electrons. The van der Waals surface area contributed by atoms with Gasteiger partial charge in [-0.3, -0.25) is 4.98 Å².